The molecule has 6 heteroatoms. The second kappa shape index (κ2) is 6.57. The molecule has 1 aliphatic heterocycles. The molecule has 1 aromatic carbocycles. The Morgan fingerprint density at radius 1 is 1.12 bits per heavy atom. The van der Waals surface area contributed by atoms with Gasteiger partial charge in [0.1, 0.15) is 0 Å². The molecule has 5 nitrogen and oxygen atoms in total. The van der Waals surface area contributed by atoms with Crippen LogP contribution in [0.15, 0.2) is 30.3 Å². The summed E-state index contributed by atoms with van der Waals surface area (Å²) < 4.78 is 0. The summed E-state index contributed by atoms with van der Waals surface area (Å²) in [6.45, 7) is 4.11. The van der Waals surface area contributed by atoms with Crippen molar-refractivity contribution in [2.45, 2.75) is 33.1 Å². The van der Waals surface area contributed by atoms with Gasteiger partial charge in [-0.05, 0) is 50.5 Å². The first-order valence-electron chi connectivity index (χ1n) is 7.72. The van der Waals surface area contributed by atoms with E-state index in [2.05, 4.69) is 19.9 Å². The predicted octanol–water partition coefficient (Wildman–Crippen LogP) is 3.44. The molecule has 0 saturated carbocycles. The maximum Gasteiger partial charge on any atom is 0.333 e. The van der Waals surface area contributed by atoms with Crippen LogP contribution in [0.1, 0.15) is 48.9 Å². The van der Waals surface area contributed by atoms with Gasteiger partial charge >= 0.3 is 5.97 Å². The molecule has 0 bridgehead atoms. The average Bonchev–Trinajstić information content (AvgIpc) is 2.99. The topological polar surface area (TPSA) is 63.7 Å². The van der Waals surface area contributed by atoms with Crippen LogP contribution >= 0.6 is 11.3 Å². The minimum Gasteiger partial charge on any atom is -0.330 e. The molecular weight excluding hydrogens is 326 g/mol. The number of fused-ring (bicyclic) bond motifs is 1. The number of carbonyl (C=O) groups is 3. The Morgan fingerprint density at radius 2 is 1.75 bits per heavy atom. The van der Waals surface area contributed by atoms with E-state index in [1.807, 2.05) is 0 Å². The smallest absolute Gasteiger partial charge is 0.330 e. The van der Waals surface area contributed by atoms with Crippen LogP contribution in [-0.2, 0) is 16.1 Å². The van der Waals surface area contributed by atoms with Gasteiger partial charge in [-0.15, -0.1) is 11.3 Å². The summed E-state index contributed by atoms with van der Waals surface area (Å²) in [7, 11) is 0. The number of benzene rings is 1. The maximum absolute atomic E-state index is 12.1. The summed E-state index contributed by atoms with van der Waals surface area (Å²) in [6.07, 6.45) is 1.54. The average molecular weight is 343 g/mol. The van der Waals surface area contributed by atoms with E-state index in [4.69, 9.17) is 4.84 Å². The molecule has 2 heterocycles. The van der Waals surface area contributed by atoms with Gasteiger partial charge in [-0.2, -0.15) is 0 Å². The molecule has 3 rings (SSSR count). The molecular formula is C18H17NO4S. The van der Waals surface area contributed by atoms with Gasteiger partial charge < -0.3 is 4.84 Å². The van der Waals surface area contributed by atoms with Crippen LogP contribution in [0.25, 0.3) is 0 Å². The highest BCUT2D eigenvalue weighted by atomic mass is 32.1. The number of nitrogens with zero attached hydrogens (tertiary/aromatic N) is 1. The third-order valence-electron chi connectivity index (χ3n) is 3.92. The second-order valence-corrected chi connectivity index (χ2v) is 7.17. The van der Waals surface area contributed by atoms with E-state index >= 15 is 0 Å². The lowest BCUT2D eigenvalue weighted by molar-refractivity contribution is -0.168. The molecule has 2 aromatic rings. The molecule has 0 N–H and O–H groups in total. The van der Waals surface area contributed by atoms with Gasteiger partial charge in [-0.25, -0.2) is 4.79 Å². The van der Waals surface area contributed by atoms with Gasteiger partial charge in [0.05, 0.1) is 11.1 Å². The zero-order chi connectivity index (χ0) is 17.3. The van der Waals surface area contributed by atoms with E-state index in [-0.39, 0.29) is 17.5 Å². The first-order chi connectivity index (χ1) is 11.5. The van der Waals surface area contributed by atoms with E-state index in [0.29, 0.717) is 11.5 Å². The number of thiophene rings is 1. The van der Waals surface area contributed by atoms with E-state index in [1.165, 1.54) is 15.3 Å². The Kier molecular flexibility index (Phi) is 4.49. The zero-order valence-electron chi connectivity index (χ0n) is 13.5. The highest BCUT2D eigenvalue weighted by molar-refractivity contribution is 7.12. The van der Waals surface area contributed by atoms with Crippen LogP contribution in [0, 0.1) is 13.8 Å². The molecule has 1 aliphatic rings. The number of hydrogen-bond acceptors (Lipinski definition) is 5. The van der Waals surface area contributed by atoms with Crippen LogP contribution in [0.2, 0.25) is 0 Å². The number of aryl methyl sites for hydroxylation is 3. The van der Waals surface area contributed by atoms with Crippen molar-refractivity contribution in [3.05, 3.63) is 56.8 Å². The van der Waals surface area contributed by atoms with Crippen molar-refractivity contribution in [2.75, 3.05) is 0 Å². The molecule has 0 atom stereocenters. The fourth-order valence-electron chi connectivity index (χ4n) is 2.75. The van der Waals surface area contributed by atoms with Crippen molar-refractivity contribution in [1.82, 2.24) is 5.06 Å². The third-order valence-corrected chi connectivity index (χ3v) is 4.93. The summed E-state index contributed by atoms with van der Waals surface area (Å²) in [6, 6.07) is 8.55. The molecule has 0 saturated heterocycles. The highest BCUT2D eigenvalue weighted by Crippen LogP contribution is 2.24. The Morgan fingerprint density at radius 3 is 2.29 bits per heavy atom. The van der Waals surface area contributed by atoms with E-state index in [9.17, 15) is 14.4 Å². The van der Waals surface area contributed by atoms with E-state index in [1.54, 1.807) is 35.6 Å². The molecule has 0 unspecified atom stereocenters. The molecule has 124 valence electrons. The molecule has 0 radical (unpaired) electrons. The fraction of sp³-hybridized carbons (Fsp3) is 0.278. The Bertz CT molecular complexity index is 789. The van der Waals surface area contributed by atoms with Gasteiger partial charge in [-0.1, -0.05) is 17.2 Å². The fourth-order valence-corrected chi connectivity index (χ4v) is 3.73. The summed E-state index contributed by atoms with van der Waals surface area (Å²) in [5.74, 6) is -1.75. The van der Waals surface area contributed by atoms with Crippen molar-refractivity contribution in [2.24, 2.45) is 0 Å². The number of hydrogen-bond donors (Lipinski definition) is 0. The van der Waals surface area contributed by atoms with Crippen molar-refractivity contribution < 1.29 is 19.2 Å². The van der Waals surface area contributed by atoms with Gasteiger partial charge in [-0.3, -0.25) is 9.59 Å². The van der Waals surface area contributed by atoms with E-state index in [0.717, 1.165) is 6.42 Å². The van der Waals surface area contributed by atoms with Gasteiger partial charge in [0.15, 0.2) is 0 Å². The Hall–Kier alpha value is -2.47. The molecule has 0 spiro atoms. The maximum atomic E-state index is 12.1. The SMILES string of the molecule is Cc1cc(CCCC(=O)ON2C(=O)c3ccccc3C2=O)c(C)s1. The quantitative estimate of drug-likeness (QED) is 0.780. The largest absolute Gasteiger partial charge is 0.333 e. The number of hydroxylamine groups is 2. The summed E-state index contributed by atoms with van der Waals surface area (Å²) in [4.78, 5) is 43.7. The molecule has 0 fully saturated rings. The zero-order valence-corrected chi connectivity index (χ0v) is 14.3. The minimum atomic E-state index is -0.590. The van der Waals surface area contributed by atoms with Crippen molar-refractivity contribution >= 4 is 29.1 Å². The lowest BCUT2D eigenvalue weighted by Gasteiger charge is -2.12. The predicted molar refractivity (Wildman–Crippen MR) is 89.8 cm³/mol. The van der Waals surface area contributed by atoms with Crippen LogP contribution < -0.4 is 0 Å². The standard InChI is InChI=1S/C18H17NO4S/c1-11-10-13(12(2)24-11)6-5-9-16(20)23-19-17(21)14-7-3-4-8-15(14)18(19)22/h3-4,7-8,10H,5-6,9H2,1-2H3. The monoisotopic (exact) mass is 343 g/mol. The van der Waals surface area contributed by atoms with Crippen LogP contribution in [0.4, 0.5) is 0 Å². The number of carbonyl (C=O) groups excluding carboxylic acids is 3. The van der Waals surface area contributed by atoms with Crippen LogP contribution in [-0.4, -0.2) is 22.8 Å². The highest BCUT2D eigenvalue weighted by Gasteiger charge is 2.38. The molecule has 2 amide bonds. The minimum absolute atomic E-state index is 0.155. The lowest BCUT2D eigenvalue weighted by Crippen LogP contribution is -2.32. The normalized spacial score (nSPS) is 13.3. The second-order valence-electron chi connectivity index (χ2n) is 5.71. The molecule has 0 aliphatic carbocycles. The van der Waals surface area contributed by atoms with Gasteiger partial charge in [0.25, 0.3) is 11.8 Å². The molecule has 1 aromatic heterocycles. The van der Waals surface area contributed by atoms with E-state index < -0.39 is 17.8 Å². The van der Waals surface area contributed by atoms with Crippen molar-refractivity contribution in [3.63, 3.8) is 0 Å². The van der Waals surface area contributed by atoms with Gasteiger partial charge in [0.2, 0.25) is 0 Å². The Balaban J connectivity index is 1.55. The van der Waals surface area contributed by atoms with Crippen LogP contribution in [0.5, 0.6) is 0 Å². The molecule has 24 heavy (non-hydrogen) atoms. The summed E-state index contributed by atoms with van der Waals surface area (Å²) in [5.41, 5.74) is 1.75. The van der Waals surface area contributed by atoms with Crippen molar-refractivity contribution in [1.29, 1.82) is 0 Å². The van der Waals surface area contributed by atoms with Crippen LogP contribution in [0.3, 0.4) is 0 Å². The first kappa shape index (κ1) is 16.4. The van der Waals surface area contributed by atoms with Gasteiger partial charge in [0, 0.05) is 16.2 Å². The first-order valence-corrected chi connectivity index (χ1v) is 8.53. The summed E-state index contributed by atoms with van der Waals surface area (Å²) in [5, 5.41) is 0.562. The summed E-state index contributed by atoms with van der Waals surface area (Å²) >= 11 is 1.73. The number of rotatable bonds is 5. The number of amides is 2. The van der Waals surface area contributed by atoms with Crippen molar-refractivity contribution in [3.8, 4) is 0 Å². The number of imide groups is 1. The third kappa shape index (κ3) is 3.10. The Labute approximate surface area is 143 Å². The lowest BCUT2D eigenvalue weighted by atomic mass is 10.1.